The molecule has 6 heteroatoms. The second kappa shape index (κ2) is 9.97. The van der Waals surface area contributed by atoms with Gasteiger partial charge in [0.2, 0.25) is 0 Å². The number of likely N-dealkylation sites (N-methyl/N-ethyl adjacent to an activating group) is 1. The zero-order valence-corrected chi connectivity index (χ0v) is 18.8. The number of carbonyl (C=O) groups excluding carboxylic acids is 1. The maximum Gasteiger partial charge on any atom is 0.271 e. The third-order valence-electron chi connectivity index (χ3n) is 6.63. The van der Waals surface area contributed by atoms with Gasteiger partial charge in [-0.25, -0.2) is 4.98 Å². The molecule has 0 unspecified atom stereocenters. The molecule has 0 saturated heterocycles. The first-order valence-corrected chi connectivity index (χ1v) is 11.8. The number of amides is 1. The molecule has 1 N–H and O–H groups in total. The highest BCUT2D eigenvalue weighted by atomic mass is 35.5. The Hall–Kier alpha value is -1.85. The molecule has 1 aromatic heterocycles. The molecule has 0 atom stereocenters. The molecule has 2 aromatic rings. The quantitative estimate of drug-likeness (QED) is 0.710. The van der Waals surface area contributed by atoms with Gasteiger partial charge in [0, 0.05) is 36.3 Å². The molecule has 2 aliphatic rings. The number of carbonyl (C=O) groups is 1. The van der Waals surface area contributed by atoms with Crippen molar-refractivity contribution in [3.05, 3.63) is 40.7 Å². The fourth-order valence-electron chi connectivity index (χ4n) is 4.85. The Kier molecular flexibility index (Phi) is 7.11. The Balaban J connectivity index is 1.47. The van der Waals surface area contributed by atoms with E-state index in [9.17, 15) is 4.79 Å². The molecular weight excluding hydrogens is 396 g/mol. The highest BCUT2D eigenvalue weighted by molar-refractivity contribution is 6.30. The predicted molar refractivity (Wildman–Crippen MR) is 122 cm³/mol. The maximum absolute atomic E-state index is 13.1. The van der Waals surface area contributed by atoms with Crippen LogP contribution in [0.4, 0.5) is 0 Å². The summed E-state index contributed by atoms with van der Waals surface area (Å²) in [4.78, 5) is 20.3. The number of aromatic nitrogens is 2. The average molecular weight is 429 g/mol. The molecule has 0 spiro atoms. The summed E-state index contributed by atoms with van der Waals surface area (Å²) in [5.74, 6) is 0.839. The van der Waals surface area contributed by atoms with Crippen LogP contribution in [0.3, 0.4) is 0 Å². The summed E-state index contributed by atoms with van der Waals surface area (Å²) in [6.45, 7) is 2.46. The van der Waals surface area contributed by atoms with Crippen LogP contribution in [-0.2, 0) is 13.0 Å². The molecule has 5 nitrogen and oxygen atoms in total. The summed E-state index contributed by atoms with van der Waals surface area (Å²) in [7, 11) is 2.18. The number of nitrogens with one attached hydrogen (secondary N) is 1. The maximum atomic E-state index is 13.1. The zero-order valence-electron chi connectivity index (χ0n) is 18.0. The zero-order chi connectivity index (χ0) is 20.9. The van der Waals surface area contributed by atoms with E-state index < -0.39 is 0 Å². The molecule has 1 aliphatic heterocycles. The minimum Gasteiger partial charge on any atom is -0.349 e. The molecule has 0 radical (unpaired) electrons. The highest BCUT2D eigenvalue weighted by Gasteiger charge is 2.24. The van der Waals surface area contributed by atoms with E-state index in [2.05, 4.69) is 21.8 Å². The van der Waals surface area contributed by atoms with Gasteiger partial charge in [0.1, 0.15) is 11.5 Å². The smallest absolute Gasteiger partial charge is 0.271 e. The molecule has 2 heterocycles. The van der Waals surface area contributed by atoms with Gasteiger partial charge in [-0.1, -0.05) is 37.3 Å². The number of fused-ring (bicyclic) bond motifs is 1. The van der Waals surface area contributed by atoms with Crippen molar-refractivity contribution in [3.8, 4) is 11.4 Å². The van der Waals surface area contributed by atoms with Gasteiger partial charge in [-0.15, -0.1) is 0 Å². The van der Waals surface area contributed by atoms with Crippen molar-refractivity contribution in [1.29, 1.82) is 0 Å². The SMILES string of the molecule is CN(CCNC(=O)c1nc(-c2ccc(Cl)cc2)n2c1CCCCC2)C1CCCCC1. The van der Waals surface area contributed by atoms with E-state index in [1.54, 1.807) is 0 Å². The Morgan fingerprint density at radius 1 is 1.13 bits per heavy atom. The Labute approximate surface area is 184 Å². The van der Waals surface area contributed by atoms with Crippen molar-refractivity contribution in [1.82, 2.24) is 19.8 Å². The normalized spacial score (nSPS) is 17.6. The van der Waals surface area contributed by atoms with Crippen molar-refractivity contribution >= 4 is 17.5 Å². The first kappa shape index (κ1) is 21.4. The van der Waals surface area contributed by atoms with Gasteiger partial charge in [0.25, 0.3) is 5.91 Å². The van der Waals surface area contributed by atoms with Crippen LogP contribution in [0.25, 0.3) is 11.4 Å². The second-order valence-corrected chi connectivity index (χ2v) is 9.16. The lowest BCUT2D eigenvalue weighted by atomic mass is 9.94. The van der Waals surface area contributed by atoms with Gasteiger partial charge in [0.05, 0.1) is 5.69 Å². The largest absolute Gasteiger partial charge is 0.349 e. The summed E-state index contributed by atoms with van der Waals surface area (Å²) in [5, 5.41) is 3.85. The van der Waals surface area contributed by atoms with E-state index in [0.717, 1.165) is 49.4 Å². The van der Waals surface area contributed by atoms with Crippen LogP contribution >= 0.6 is 11.6 Å². The first-order valence-electron chi connectivity index (χ1n) is 11.5. The monoisotopic (exact) mass is 428 g/mol. The van der Waals surface area contributed by atoms with E-state index in [1.165, 1.54) is 38.5 Å². The lowest BCUT2D eigenvalue weighted by Gasteiger charge is -2.31. The minimum absolute atomic E-state index is 0.0436. The average Bonchev–Trinajstić information content (AvgIpc) is 2.96. The number of halogens is 1. The van der Waals surface area contributed by atoms with E-state index >= 15 is 0 Å². The summed E-state index contributed by atoms with van der Waals surface area (Å²) in [5.41, 5.74) is 2.69. The molecule has 1 fully saturated rings. The third kappa shape index (κ3) is 4.89. The lowest BCUT2D eigenvalue weighted by molar-refractivity contribution is 0.0939. The molecule has 1 saturated carbocycles. The summed E-state index contributed by atoms with van der Waals surface area (Å²) in [6, 6.07) is 8.41. The molecule has 162 valence electrons. The van der Waals surface area contributed by atoms with Crippen molar-refractivity contribution in [2.75, 3.05) is 20.1 Å². The number of rotatable bonds is 6. The van der Waals surface area contributed by atoms with Gasteiger partial charge < -0.3 is 14.8 Å². The van der Waals surface area contributed by atoms with Crippen molar-refractivity contribution in [3.63, 3.8) is 0 Å². The summed E-state index contributed by atoms with van der Waals surface area (Å²) < 4.78 is 2.25. The van der Waals surface area contributed by atoms with Crippen molar-refractivity contribution < 1.29 is 4.79 Å². The van der Waals surface area contributed by atoms with Crippen LogP contribution in [0.5, 0.6) is 0 Å². The third-order valence-corrected chi connectivity index (χ3v) is 6.89. The standard InChI is InChI=1S/C24H33ClN4O/c1-28(20-8-4-2-5-9-20)17-15-26-24(30)22-21-10-6-3-7-16-29(21)23(27-22)18-11-13-19(25)14-12-18/h11-14,20H,2-10,15-17H2,1H3,(H,26,30). The van der Waals surface area contributed by atoms with Crippen LogP contribution in [0, 0.1) is 0 Å². The molecule has 1 amide bonds. The molecule has 30 heavy (non-hydrogen) atoms. The molecule has 1 aromatic carbocycles. The number of hydrogen-bond donors (Lipinski definition) is 1. The fourth-order valence-corrected chi connectivity index (χ4v) is 4.98. The van der Waals surface area contributed by atoms with Gasteiger partial charge in [-0.3, -0.25) is 4.79 Å². The van der Waals surface area contributed by atoms with Gasteiger partial charge in [-0.2, -0.15) is 0 Å². The van der Waals surface area contributed by atoms with Crippen molar-refractivity contribution in [2.45, 2.75) is 70.4 Å². The number of benzene rings is 1. The summed E-state index contributed by atoms with van der Waals surface area (Å²) in [6.07, 6.45) is 10.9. The van der Waals surface area contributed by atoms with Crippen LogP contribution in [-0.4, -0.2) is 46.5 Å². The van der Waals surface area contributed by atoms with Crippen LogP contribution in [0.1, 0.15) is 67.5 Å². The fraction of sp³-hybridized carbons (Fsp3) is 0.583. The lowest BCUT2D eigenvalue weighted by Crippen LogP contribution is -2.39. The van der Waals surface area contributed by atoms with Crippen molar-refractivity contribution in [2.24, 2.45) is 0 Å². The van der Waals surface area contributed by atoms with Crippen LogP contribution in [0.15, 0.2) is 24.3 Å². The Morgan fingerprint density at radius 3 is 2.63 bits per heavy atom. The van der Waals surface area contributed by atoms with Gasteiger partial charge in [0.15, 0.2) is 0 Å². The highest BCUT2D eigenvalue weighted by Crippen LogP contribution is 2.28. The first-order chi connectivity index (χ1) is 14.6. The van der Waals surface area contributed by atoms with Gasteiger partial charge >= 0.3 is 0 Å². The summed E-state index contributed by atoms with van der Waals surface area (Å²) >= 11 is 6.07. The van der Waals surface area contributed by atoms with E-state index in [0.29, 0.717) is 23.3 Å². The van der Waals surface area contributed by atoms with Crippen LogP contribution in [0.2, 0.25) is 5.02 Å². The van der Waals surface area contributed by atoms with Crippen LogP contribution < -0.4 is 5.32 Å². The Morgan fingerprint density at radius 2 is 1.87 bits per heavy atom. The topological polar surface area (TPSA) is 50.2 Å². The minimum atomic E-state index is -0.0436. The number of nitrogens with zero attached hydrogens (tertiary/aromatic N) is 3. The molecule has 4 rings (SSSR count). The molecule has 0 bridgehead atoms. The predicted octanol–water partition coefficient (Wildman–Crippen LogP) is 4.92. The second-order valence-electron chi connectivity index (χ2n) is 8.73. The number of imidazole rings is 1. The van der Waals surface area contributed by atoms with Gasteiger partial charge in [-0.05, 0) is 63.4 Å². The van der Waals surface area contributed by atoms with E-state index in [1.807, 2.05) is 24.3 Å². The molecular formula is C24H33ClN4O. The molecule has 1 aliphatic carbocycles. The Bertz CT molecular complexity index is 855. The number of hydrogen-bond acceptors (Lipinski definition) is 3. The van der Waals surface area contributed by atoms with E-state index in [-0.39, 0.29) is 5.91 Å². The van der Waals surface area contributed by atoms with E-state index in [4.69, 9.17) is 16.6 Å².